The minimum absolute atomic E-state index is 0.0842. The van der Waals surface area contributed by atoms with Crippen molar-refractivity contribution in [1.82, 2.24) is 0 Å². The lowest BCUT2D eigenvalue weighted by Crippen LogP contribution is -2.50. The van der Waals surface area contributed by atoms with Gasteiger partial charge in [-0.05, 0) is 104 Å². The molecule has 1 nitrogen and oxygen atoms in total. The van der Waals surface area contributed by atoms with Crippen LogP contribution in [0.3, 0.4) is 0 Å². The van der Waals surface area contributed by atoms with E-state index >= 15 is 0 Å². The molecule has 0 aliphatic heterocycles. The first-order chi connectivity index (χ1) is 13.3. The lowest BCUT2D eigenvalue weighted by molar-refractivity contribution is -0.0540. The van der Waals surface area contributed by atoms with Gasteiger partial charge in [0.15, 0.2) is 0 Å². The highest BCUT2D eigenvalue weighted by Gasteiger charge is 2.58. The standard InChI is InChI=1S/C27H44O/c1-18(2)7-6-8-19(3)23-11-12-24-22-10-9-20-17-21(28)13-15-26(20,4)25(22)14-16-27(23,24)5/h6,8-9,18-19,21-25,28H,7,10-17H2,1-5H3/b8-6+/t19-,21+,22-,23-,24-,25-,26+,27-/m1/s1. The van der Waals surface area contributed by atoms with Gasteiger partial charge >= 0.3 is 0 Å². The Balaban J connectivity index is 1.53. The van der Waals surface area contributed by atoms with Crippen molar-refractivity contribution < 1.29 is 5.11 Å². The van der Waals surface area contributed by atoms with Crippen molar-refractivity contribution in [3.05, 3.63) is 23.8 Å². The summed E-state index contributed by atoms with van der Waals surface area (Å²) in [6.07, 6.45) is 18.9. The van der Waals surface area contributed by atoms with E-state index in [1.807, 2.05) is 0 Å². The van der Waals surface area contributed by atoms with E-state index in [1.54, 1.807) is 5.57 Å². The Hall–Kier alpha value is -0.560. The molecule has 4 aliphatic rings. The summed E-state index contributed by atoms with van der Waals surface area (Å²) in [6, 6.07) is 0. The van der Waals surface area contributed by atoms with Gasteiger partial charge in [0.1, 0.15) is 0 Å². The molecule has 0 aromatic heterocycles. The van der Waals surface area contributed by atoms with Crippen LogP contribution in [0.15, 0.2) is 23.8 Å². The summed E-state index contributed by atoms with van der Waals surface area (Å²) >= 11 is 0. The first kappa shape index (κ1) is 20.7. The number of rotatable bonds is 4. The number of fused-ring (bicyclic) bond motifs is 5. The molecule has 4 rings (SSSR count). The highest BCUT2D eigenvalue weighted by molar-refractivity contribution is 5.25. The molecule has 0 unspecified atom stereocenters. The molecule has 0 aromatic rings. The van der Waals surface area contributed by atoms with Crippen molar-refractivity contribution >= 4 is 0 Å². The molecular weight excluding hydrogens is 340 g/mol. The van der Waals surface area contributed by atoms with Crippen LogP contribution in [0, 0.1) is 46.3 Å². The normalized spacial score (nSPS) is 46.8. The SMILES string of the molecule is CC(C)C/C=C/[C@@H](C)[C@H]1CC[C@@H]2[C@H]3CC=C4C[C@@H](O)CC[C@]4(C)[C@@H]3CC[C@@]21C. The van der Waals surface area contributed by atoms with Crippen LogP contribution in [-0.4, -0.2) is 11.2 Å². The predicted molar refractivity (Wildman–Crippen MR) is 119 cm³/mol. The van der Waals surface area contributed by atoms with E-state index in [0.717, 1.165) is 48.3 Å². The van der Waals surface area contributed by atoms with Crippen LogP contribution in [0.25, 0.3) is 0 Å². The van der Waals surface area contributed by atoms with Crippen LogP contribution in [0.4, 0.5) is 0 Å². The molecule has 28 heavy (non-hydrogen) atoms. The summed E-state index contributed by atoms with van der Waals surface area (Å²) in [5, 5.41) is 10.2. The zero-order chi connectivity index (χ0) is 20.1. The maximum absolute atomic E-state index is 10.2. The summed E-state index contributed by atoms with van der Waals surface area (Å²) in [5.41, 5.74) is 2.53. The minimum Gasteiger partial charge on any atom is -0.393 e. The van der Waals surface area contributed by atoms with Crippen molar-refractivity contribution in [3.8, 4) is 0 Å². The maximum atomic E-state index is 10.2. The van der Waals surface area contributed by atoms with Gasteiger partial charge < -0.3 is 5.11 Å². The van der Waals surface area contributed by atoms with Crippen molar-refractivity contribution in [3.63, 3.8) is 0 Å². The number of allylic oxidation sites excluding steroid dienone is 3. The summed E-state index contributed by atoms with van der Waals surface area (Å²) in [5.74, 6) is 5.03. The molecule has 0 bridgehead atoms. The smallest absolute Gasteiger partial charge is 0.0577 e. The number of hydrogen-bond donors (Lipinski definition) is 1. The molecule has 8 atom stereocenters. The molecule has 0 amide bonds. The molecule has 0 aromatic carbocycles. The molecule has 4 aliphatic carbocycles. The lowest BCUT2D eigenvalue weighted by atomic mass is 9.47. The van der Waals surface area contributed by atoms with E-state index in [1.165, 1.54) is 44.9 Å². The zero-order valence-corrected chi connectivity index (χ0v) is 19.1. The summed E-state index contributed by atoms with van der Waals surface area (Å²) in [7, 11) is 0. The van der Waals surface area contributed by atoms with E-state index in [2.05, 4.69) is 52.8 Å². The zero-order valence-electron chi connectivity index (χ0n) is 19.1. The predicted octanol–water partition coefficient (Wildman–Crippen LogP) is 7.16. The van der Waals surface area contributed by atoms with E-state index < -0.39 is 0 Å². The fraction of sp³-hybridized carbons (Fsp3) is 0.852. The van der Waals surface area contributed by atoms with Gasteiger partial charge in [0.25, 0.3) is 0 Å². The van der Waals surface area contributed by atoms with Crippen LogP contribution in [0.5, 0.6) is 0 Å². The molecule has 3 saturated carbocycles. The van der Waals surface area contributed by atoms with Crippen LogP contribution in [0.2, 0.25) is 0 Å². The highest BCUT2D eigenvalue weighted by Crippen LogP contribution is 2.67. The fourth-order valence-corrected chi connectivity index (χ4v) is 8.25. The van der Waals surface area contributed by atoms with E-state index in [4.69, 9.17) is 0 Å². The van der Waals surface area contributed by atoms with Gasteiger partial charge in [0.2, 0.25) is 0 Å². The Morgan fingerprint density at radius 1 is 1.07 bits per heavy atom. The Morgan fingerprint density at radius 2 is 1.86 bits per heavy atom. The van der Waals surface area contributed by atoms with E-state index in [9.17, 15) is 5.11 Å². The van der Waals surface area contributed by atoms with Gasteiger partial charge in [0, 0.05) is 0 Å². The largest absolute Gasteiger partial charge is 0.393 e. The van der Waals surface area contributed by atoms with Gasteiger partial charge in [-0.3, -0.25) is 0 Å². The van der Waals surface area contributed by atoms with Crippen LogP contribution < -0.4 is 0 Å². The Kier molecular flexibility index (Phi) is 5.62. The second-order valence-electron chi connectivity index (χ2n) is 11.8. The monoisotopic (exact) mass is 384 g/mol. The maximum Gasteiger partial charge on any atom is 0.0577 e. The molecule has 1 heteroatoms. The van der Waals surface area contributed by atoms with E-state index in [0.29, 0.717) is 10.8 Å². The molecule has 3 fully saturated rings. The molecule has 0 radical (unpaired) electrons. The number of aliphatic hydroxyl groups is 1. The minimum atomic E-state index is -0.0842. The van der Waals surface area contributed by atoms with Gasteiger partial charge in [-0.25, -0.2) is 0 Å². The topological polar surface area (TPSA) is 20.2 Å². The molecule has 0 saturated heterocycles. The fourth-order valence-electron chi connectivity index (χ4n) is 8.25. The number of hydrogen-bond acceptors (Lipinski definition) is 1. The quantitative estimate of drug-likeness (QED) is 0.510. The lowest BCUT2D eigenvalue weighted by Gasteiger charge is -2.58. The van der Waals surface area contributed by atoms with Gasteiger partial charge in [-0.1, -0.05) is 58.4 Å². The average Bonchev–Trinajstić information content (AvgIpc) is 2.99. The van der Waals surface area contributed by atoms with Crippen molar-refractivity contribution in [2.24, 2.45) is 46.3 Å². The van der Waals surface area contributed by atoms with Crippen LogP contribution in [0.1, 0.15) is 92.4 Å². The highest BCUT2D eigenvalue weighted by atomic mass is 16.3. The van der Waals surface area contributed by atoms with E-state index in [-0.39, 0.29) is 6.10 Å². The second kappa shape index (κ2) is 7.60. The molecular formula is C27H44O. The molecule has 0 spiro atoms. The van der Waals surface area contributed by atoms with Crippen LogP contribution >= 0.6 is 0 Å². The third kappa shape index (κ3) is 3.34. The molecule has 1 N–H and O–H groups in total. The van der Waals surface area contributed by atoms with Gasteiger partial charge in [0.05, 0.1) is 6.10 Å². The summed E-state index contributed by atoms with van der Waals surface area (Å²) in [6.45, 7) is 12.3. The first-order valence-electron chi connectivity index (χ1n) is 12.3. The number of aliphatic hydroxyl groups excluding tert-OH is 1. The van der Waals surface area contributed by atoms with Crippen molar-refractivity contribution in [1.29, 1.82) is 0 Å². The Labute approximate surface area is 174 Å². The summed E-state index contributed by atoms with van der Waals surface area (Å²) < 4.78 is 0. The van der Waals surface area contributed by atoms with Crippen molar-refractivity contribution in [2.45, 2.75) is 98.5 Å². The Morgan fingerprint density at radius 3 is 2.61 bits per heavy atom. The second-order valence-corrected chi connectivity index (χ2v) is 11.8. The third-order valence-electron chi connectivity index (χ3n) is 9.83. The summed E-state index contributed by atoms with van der Waals surface area (Å²) in [4.78, 5) is 0. The molecule has 0 heterocycles. The van der Waals surface area contributed by atoms with Crippen LogP contribution in [-0.2, 0) is 0 Å². The molecule has 158 valence electrons. The van der Waals surface area contributed by atoms with Gasteiger partial charge in [-0.15, -0.1) is 0 Å². The average molecular weight is 385 g/mol. The van der Waals surface area contributed by atoms with Crippen molar-refractivity contribution in [2.75, 3.05) is 0 Å². The third-order valence-corrected chi connectivity index (χ3v) is 9.83. The Bertz CT molecular complexity index is 630. The first-order valence-corrected chi connectivity index (χ1v) is 12.3. The van der Waals surface area contributed by atoms with Gasteiger partial charge in [-0.2, -0.15) is 0 Å².